The van der Waals surface area contributed by atoms with E-state index in [-0.39, 0.29) is 0 Å². The van der Waals surface area contributed by atoms with Gasteiger partial charge in [-0.15, -0.1) is 11.3 Å². The molecule has 8 aromatic carbocycles. The minimum Gasteiger partial charge on any atom is -0.309 e. The smallest absolute Gasteiger partial charge is 0.0548 e. The van der Waals surface area contributed by atoms with Crippen molar-refractivity contribution in [1.82, 2.24) is 4.57 Å². The minimum absolute atomic E-state index is 1.18. The zero-order valence-electron chi connectivity index (χ0n) is 22.6. The summed E-state index contributed by atoms with van der Waals surface area (Å²) in [6.45, 7) is 0. The van der Waals surface area contributed by atoms with E-state index in [4.69, 9.17) is 0 Å². The van der Waals surface area contributed by atoms with Crippen molar-refractivity contribution in [3.63, 3.8) is 0 Å². The molecule has 1 nitrogen and oxygen atoms in total. The van der Waals surface area contributed by atoms with Crippen LogP contribution in [-0.4, -0.2) is 4.57 Å². The van der Waals surface area contributed by atoms with Gasteiger partial charge in [0.15, 0.2) is 0 Å². The summed E-state index contributed by atoms with van der Waals surface area (Å²) in [4.78, 5) is 0. The van der Waals surface area contributed by atoms with E-state index in [1.165, 1.54) is 91.1 Å². The van der Waals surface area contributed by atoms with E-state index in [0.29, 0.717) is 0 Å². The van der Waals surface area contributed by atoms with Gasteiger partial charge < -0.3 is 4.57 Å². The number of aromatic nitrogens is 1. The predicted molar refractivity (Wildman–Crippen MR) is 183 cm³/mol. The van der Waals surface area contributed by atoms with Crippen LogP contribution in [0.1, 0.15) is 0 Å². The molecule has 0 unspecified atom stereocenters. The number of para-hydroxylation sites is 1. The third kappa shape index (κ3) is 2.92. The molecule has 42 heavy (non-hydrogen) atoms. The highest BCUT2D eigenvalue weighted by atomic mass is 32.1. The van der Waals surface area contributed by atoms with E-state index < -0.39 is 0 Å². The Kier molecular flexibility index (Phi) is 4.39. The summed E-state index contributed by atoms with van der Waals surface area (Å²) in [5, 5.41) is 13.3. The van der Waals surface area contributed by atoms with Crippen LogP contribution in [0.15, 0.2) is 140 Å². The van der Waals surface area contributed by atoms with Crippen molar-refractivity contribution in [3.8, 4) is 16.8 Å². The summed E-state index contributed by atoms with van der Waals surface area (Å²) < 4.78 is 5.14. The van der Waals surface area contributed by atoms with Gasteiger partial charge in [0, 0.05) is 36.6 Å². The molecule has 2 aromatic heterocycles. The van der Waals surface area contributed by atoms with Crippen LogP contribution in [0.3, 0.4) is 0 Å². The number of thiophene rings is 1. The number of hydrogen-bond donors (Lipinski definition) is 0. The molecule has 0 fully saturated rings. The molecule has 0 atom stereocenters. The first-order chi connectivity index (χ1) is 20.8. The van der Waals surface area contributed by atoms with Gasteiger partial charge >= 0.3 is 0 Å². The second-order valence-electron chi connectivity index (χ2n) is 11.3. The van der Waals surface area contributed by atoms with E-state index in [0.717, 1.165) is 0 Å². The van der Waals surface area contributed by atoms with Crippen molar-refractivity contribution in [2.24, 2.45) is 0 Å². The molecule has 0 aliphatic heterocycles. The van der Waals surface area contributed by atoms with Crippen LogP contribution >= 0.6 is 11.3 Å². The molecule has 10 rings (SSSR count). The first-order valence-electron chi connectivity index (χ1n) is 14.4. The third-order valence-electron chi connectivity index (χ3n) is 9.12. The zero-order valence-corrected chi connectivity index (χ0v) is 23.5. The minimum atomic E-state index is 1.18. The first kappa shape index (κ1) is 22.5. The second kappa shape index (κ2) is 8.19. The van der Waals surface area contributed by atoms with E-state index in [1.807, 2.05) is 11.3 Å². The Morgan fingerprint density at radius 3 is 2.05 bits per heavy atom. The molecule has 0 amide bonds. The Balaban J connectivity index is 1.27. The molecule has 0 N–H and O–H groups in total. The fourth-order valence-electron chi connectivity index (χ4n) is 7.35. The fraction of sp³-hybridized carbons (Fsp3) is 0. The maximum Gasteiger partial charge on any atom is 0.0548 e. The Morgan fingerprint density at radius 1 is 0.405 bits per heavy atom. The van der Waals surface area contributed by atoms with Gasteiger partial charge in [-0.05, 0) is 79.8 Å². The van der Waals surface area contributed by atoms with Crippen molar-refractivity contribution in [2.75, 3.05) is 0 Å². The van der Waals surface area contributed by atoms with Crippen LogP contribution in [0.2, 0.25) is 0 Å². The van der Waals surface area contributed by atoms with Gasteiger partial charge in [-0.1, -0.05) is 103 Å². The normalized spacial score (nSPS) is 12.3. The average Bonchev–Trinajstić information content (AvgIpc) is 3.59. The summed E-state index contributed by atoms with van der Waals surface area (Å²) >= 11 is 1.88. The van der Waals surface area contributed by atoms with Crippen molar-refractivity contribution in [1.29, 1.82) is 0 Å². The molecule has 0 saturated heterocycles. The highest BCUT2D eigenvalue weighted by Crippen LogP contribution is 2.44. The number of hydrogen-bond acceptors (Lipinski definition) is 1. The van der Waals surface area contributed by atoms with Crippen LogP contribution in [0, 0.1) is 0 Å². The SMILES string of the molecule is c1cc(-c2ccc3ccc4cccc5ccc2c3c45)cc(-n2c3ccccc3c3c4c(ccc32)sc2ccccc24)c1. The van der Waals surface area contributed by atoms with Gasteiger partial charge in [-0.3, -0.25) is 0 Å². The van der Waals surface area contributed by atoms with Crippen LogP contribution in [-0.2, 0) is 0 Å². The van der Waals surface area contributed by atoms with Crippen molar-refractivity contribution in [3.05, 3.63) is 140 Å². The monoisotopic (exact) mass is 549 g/mol. The molecule has 0 aliphatic rings. The Hall–Kier alpha value is -5.18. The topological polar surface area (TPSA) is 4.93 Å². The van der Waals surface area contributed by atoms with Gasteiger partial charge in [0.05, 0.1) is 11.0 Å². The van der Waals surface area contributed by atoms with Gasteiger partial charge in [0.25, 0.3) is 0 Å². The first-order valence-corrected chi connectivity index (χ1v) is 15.3. The van der Waals surface area contributed by atoms with Crippen LogP contribution < -0.4 is 0 Å². The Bertz CT molecular complexity index is 2670. The van der Waals surface area contributed by atoms with Gasteiger partial charge in [0.1, 0.15) is 0 Å². The maximum atomic E-state index is 2.45. The molecule has 0 spiro atoms. The van der Waals surface area contributed by atoms with Crippen LogP contribution in [0.4, 0.5) is 0 Å². The van der Waals surface area contributed by atoms with E-state index in [2.05, 4.69) is 144 Å². The quantitative estimate of drug-likeness (QED) is 0.189. The van der Waals surface area contributed by atoms with Crippen LogP contribution in [0.5, 0.6) is 0 Å². The highest BCUT2D eigenvalue weighted by Gasteiger charge is 2.18. The summed E-state index contributed by atoms with van der Waals surface area (Å²) in [6.07, 6.45) is 0. The lowest BCUT2D eigenvalue weighted by Crippen LogP contribution is -1.94. The molecule has 2 heterocycles. The maximum absolute atomic E-state index is 2.45. The van der Waals surface area contributed by atoms with Gasteiger partial charge in [0.2, 0.25) is 0 Å². The van der Waals surface area contributed by atoms with Crippen molar-refractivity contribution in [2.45, 2.75) is 0 Å². The Labute approximate surface area is 245 Å². The fourth-order valence-corrected chi connectivity index (χ4v) is 8.47. The lowest BCUT2D eigenvalue weighted by atomic mass is 9.90. The predicted octanol–water partition coefficient (Wildman–Crippen LogP) is 11.7. The van der Waals surface area contributed by atoms with E-state index in [1.54, 1.807) is 0 Å². The standard InChI is InChI=1S/C40H23NS/c1-3-13-33-31(11-1)39-34(21-22-36-40(39)32-12-2-4-14-35(32)42-36)41(33)28-10-6-9-27(23-28)29-19-17-26-16-15-24-7-5-8-25-18-20-30(29)38(26)37(24)25/h1-23H. The summed E-state index contributed by atoms with van der Waals surface area (Å²) in [7, 11) is 0. The Morgan fingerprint density at radius 2 is 1.14 bits per heavy atom. The second-order valence-corrected chi connectivity index (χ2v) is 12.4. The average molecular weight is 550 g/mol. The summed E-state index contributed by atoms with van der Waals surface area (Å²) in [6, 6.07) is 51.7. The lowest BCUT2D eigenvalue weighted by molar-refractivity contribution is 1.18. The summed E-state index contributed by atoms with van der Waals surface area (Å²) in [5.74, 6) is 0. The third-order valence-corrected chi connectivity index (χ3v) is 10.3. The highest BCUT2D eigenvalue weighted by molar-refractivity contribution is 7.26. The molecule has 2 heteroatoms. The molecule has 0 saturated carbocycles. The summed E-state index contributed by atoms with van der Waals surface area (Å²) in [5.41, 5.74) is 6.18. The molecule has 0 radical (unpaired) electrons. The molecule has 0 aliphatic carbocycles. The van der Waals surface area contributed by atoms with Gasteiger partial charge in [-0.2, -0.15) is 0 Å². The number of fused-ring (bicyclic) bond motifs is 7. The van der Waals surface area contributed by atoms with E-state index >= 15 is 0 Å². The molecule has 0 bridgehead atoms. The zero-order chi connectivity index (χ0) is 27.4. The molecular formula is C40H23NS. The molecule has 194 valence electrons. The number of rotatable bonds is 2. The van der Waals surface area contributed by atoms with Crippen LogP contribution in [0.25, 0.3) is 91.1 Å². The van der Waals surface area contributed by atoms with E-state index in [9.17, 15) is 0 Å². The van der Waals surface area contributed by atoms with Gasteiger partial charge in [-0.25, -0.2) is 0 Å². The van der Waals surface area contributed by atoms with Crippen molar-refractivity contribution >= 4 is 85.6 Å². The number of benzene rings is 8. The largest absolute Gasteiger partial charge is 0.309 e. The molecular weight excluding hydrogens is 527 g/mol. The lowest BCUT2D eigenvalue weighted by Gasteiger charge is -2.15. The van der Waals surface area contributed by atoms with Crippen molar-refractivity contribution < 1.29 is 0 Å². The number of nitrogens with zero attached hydrogens (tertiary/aromatic N) is 1. The molecule has 10 aromatic rings.